The molecule has 1 aromatic carbocycles. The summed E-state index contributed by atoms with van der Waals surface area (Å²) in [4.78, 5) is 22.2. The van der Waals surface area contributed by atoms with Gasteiger partial charge < -0.3 is 20.1 Å². The molecule has 0 spiro atoms. The maximum absolute atomic E-state index is 11.6. The average Bonchev–Trinajstić information content (AvgIpc) is 2.28. The molecule has 7 heteroatoms. The van der Waals surface area contributed by atoms with Crippen LogP contribution in [0.2, 0.25) is 0 Å². The van der Waals surface area contributed by atoms with Crippen LogP contribution in [0.5, 0.6) is 5.75 Å². The van der Waals surface area contributed by atoms with E-state index in [4.69, 9.17) is 9.84 Å². The fraction of sp³-hybridized carbons (Fsp3) is 0.429. The van der Waals surface area contributed by atoms with E-state index in [1.807, 2.05) is 0 Å². The predicted molar refractivity (Wildman–Crippen MR) is 75.2 cm³/mol. The normalized spacial score (nSPS) is 12.6. The van der Waals surface area contributed by atoms with Crippen molar-refractivity contribution in [3.63, 3.8) is 0 Å². The van der Waals surface area contributed by atoms with Gasteiger partial charge in [0.15, 0.2) is 0 Å². The van der Waals surface area contributed by atoms with Gasteiger partial charge in [0.25, 0.3) is 0 Å². The second kappa shape index (κ2) is 6.45. The quantitative estimate of drug-likeness (QED) is 0.633. The van der Waals surface area contributed by atoms with E-state index in [2.05, 4.69) is 5.32 Å². The van der Waals surface area contributed by atoms with Crippen LogP contribution in [0.4, 0.5) is 10.5 Å². The topological polar surface area (TPSA) is 116 Å². The molecule has 0 bridgehead atoms. The van der Waals surface area contributed by atoms with Gasteiger partial charge in [-0.1, -0.05) is 6.07 Å². The number of hydrogen-bond acceptors (Lipinski definition) is 5. The maximum atomic E-state index is 11.6. The summed E-state index contributed by atoms with van der Waals surface area (Å²) < 4.78 is 5.04. The van der Waals surface area contributed by atoms with E-state index in [1.165, 1.54) is 18.2 Å². The van der Waals surface area contributed by atoms with Crippen LogP contribution in [-0.2, 0) is 9.53 Å². The first kappa shape index (κ1) is 16.8. The summed E-state index contributed by atoms with van der Waals surface area (Å²) in [5, 5.41) is 30.4. The second-order valence-corrected chi connectivity index (χ2v) is 5.52. The highest BCUT2D eigenvalue weighted by molar-refractivity contribution is 5.87. The van der Waals surface area contributed by atoms with Crippen molar-refractivity contribution >= 4 is 17.7 Å². The van der Waals surface area contributed by atoms with Crippen LogP contribution in [0.15, 0.2) is 18.2 Å². The molecule has 116 valence electrons. The molecule has 0 saturated heterocycles. The molecule has 0 aromatic heterocycles. The minimum absolute atomic E-state index is 0.0335. The molecule has 0 fully saturated rings. The summed E-state index contributed by atoms with van der Waals surface area (Å²) in [6.45, 7) is 5.08. The number of amides is 1. The van der Waals surface area contributed by atoms with Crippen molar-refractivity contribution < 1.29 is 29.6 Å². The monoisotopic (exact) mass is 297 g/mol. The molecule has 21 heavy (non-hydrogen) atoms. The maximum Gasteiger partial charge on any atom is 0.412 e. The van der Waals surface area contributed by atoms with Crippen LogP contribution >= 0.6 is 0 Å². The number of aliphatic hydroxyl groups is 1. The van der Waals surface area contributed by atoms with E-state index in [9.17, 15) is 19.8 Å². The number of benzene rings is 1. The number of ether oxygens (including phenoxy) is 1. The zero-order chi connectivity index (χ0) is 16.2. The van der Waals surface area contributed by atoms with Crippen molar-refractivity contribution in [1.82, 2.24) is 0 Å². The molecule has 1 aromatic rings. The Morgan fingerprint density at radius 1 is 1.33 bits per heavy atom. The fourth-order valence-electron chi connectivity index (χ4n) is 1.56. The van der Waals surface area contributed by atoms with Crippen LogP contribution in [0.1, 0.15) is 38.9 Å². The average molecular weight is 297 g/mol. The molecule has 1 atom stereocenters. The van der Waals surface area contributed by atoms with Crippen LogP contribution in [0, 0.1) is 0 Å². The van der Waals surface area contributed by atoms with Crippen LogP contribution in [-0.4, -0.2) is 33.0 Å². The molecular weight excluding hydrogens is 278 g/mol. The lowest BCUT2D eigenvalue weighted by Crippen LogP contribution is -2.27. The van der Waals surface area contributed by atoms with Gasteiger partial charge in [0.2, 0.25) is 0 Å². The number of anilines is 1. The Bertz CT molecular complexity index is 535. The molecular formula is C14H19NO6. The van der Waals surface area contributed by atoms with E-state index >= 15 is 0 Å². The molecule has 0 heterocycles. The number of aromatic hydroxyl groups is 1. The van der Waals surface area contributed by atoms with Gasteiger partial charge in [0.05, 0.1) is 18.2 Å². The molecule has 0 aliphatic heterocycles. The van der Waals surface area contributed by atoms with E-state index < -0.39 is 30.2 Å². The number of aliphatic hydroxyl groups excluding tert-OH is 1. The number of aliphatic carboxylic acids is 1. The lowest BCUT2D eigenvalue weighted by Gasteiger charge is -2.20. The van der Waals surface area contributed by atoms with Gasteiger partial charge in [-0.3, -0.25) is 10.1 Å². The highest BCUT2D eigenvalue weighted by Gasteiger charge is 2.19. The minimum atomic E-state index is -1.23. The molecule has 0 radical (unpaired) electrons. The summed E-state index contributed by atoms with van der Waals surface area (Å²) in [7, 11) is 0. The zero-order valence-electron chi connectivity index (χ0n) is 12.1. The van der Waals surface area contributed by atoms with Crippen LogP contribution in [0.25, 0.3) is 0 Å². The highest BCUT2D eigenvalue weighted by atomic mass is 16.6. The number of nitrogens with one attached hydrogen (secondary N) is 1. The number of phenolic OH excluding ortho intramolecular Hbond substituents is 1. The van der Waals surface area contributed by atoms with Crippen molar-refractivity contribution in [2.75, 3.05) is 5.32 Å². The predicted octanol–water partition coefficient (Wildman–Crippen LogP) is 2.25. The third-order valence-electron chi connectivity index (χ3n) is 2.41. The Morgan fingerprint density at radius 3 is 2.48 bits per heavy atom. The van der Waals surface area contributed by atoms with Gasteiger partial charge in [0.1, 0.15) is 11.4 Å². The number of carboxylic acids is 1. The number of carboxylic acid groups (broad SMARTS) is 1. The second-order valence-electron chi connectivity index (χ2n) is 5.52. The van der Waals surface area contributed by atoms with E-state index in [-0.39, 0.29) is 17.0 Å². The number of rotatable bonds is 4. The van der Waals surface area contributed by atoms with Gasteiger partial charge in [-0.05, 0) is 38.5 Å². The Hall–Kier alpha value is -2.28. The fourth-order valence-corrected chi connectivity index (χ4v) is 1.56. The highest BCUT2D eigenvalue weighted by Crippen LogP contribution is 2.28. The summed E-state index contributed by atoms with van der Waals surface area (Å²) in [6.07, 6.45) is -2.47. The molecule has 0 saturated carbocycles. The third kappa shape index (κ3) is 5.70. The van der Waals surface area contributed by atoms with Crippen molar-refractivity contribution in [3.05, 3.63) is 23.8 Å². The van der Waals surface area contributed by atoms with Crippen LogP contribution < -0.4 is 5.32 Å². The number of carbonyl (C=O) groups is 2. The number of phenols is 1. The SMILES string of the molecule is CC(C)(C)OC(=O)Nc1cc([C@H](O)CC(=O)O)ccc1O. The molecule has 1 rings (SSSR count). The van der Waals surface area contributed by atoms with E-state index in [0.29, 0.717) is 0 Å². The molecule has 7 nitrogen and oxygen atoms in total. The van der Waals surface area contributed by atoms with Gasteiger partial charge >= 0.3 is 12.1 Å². The van der Waals surface area contributed by atoms with Crippen molar-refractivity contribution in [2.45, 2.75) is 38.9 Å². The summed E-state index contributed by atoms with van der Waals surface area (Å²) in [5.41, 5.74) is -0.396. The summed E-state index contributed by atoms with van der Waals surface area (Å²) >= 11 is 0. The van der Waals surface area contributed by atoms with Gasteiger partial charge in [-0.25, -0.2) is 4.79 Å². The molecule has 1 amide bonds. The van der Waals surface area contributed by atoms with Gasteiger partial charge in [-0.2, -0.15) is 0 Å². The van der Waals surface area contributed by atoms with Crippen molar-refractivity contribution in [2.24, 2.45) is 0 Å². The first-order valence-electron chi connectivity index (χ1n) is 6.31. The first-order valence-corrected chi connectivity index (χ1v) is 6.31. The Morgan fingerprint density at radius 2 is 1.95 bits per heavy atom. The van der Waals surface area contributed by atoms with Gasteiger partial charge in [0, 0.05) is 0 Å². The van der Waals surface area contributed by atoms with Crippen molar-refractivity contribution in [1.29, 1.82) is 0 Å². The Balaban J connectivity index is 2.87. The number of carbonyl (C=O) groups excluding carboxylic acids is 1. The third-order valence-corrected chi connectivity index (χ3v) is 2.41. The lowest BCUT2D eigenvalue weighted by atomic mass is 10.1. The Labute approximate surface area is 122 Å². The van der Waals surface area contributed by atoms with Crippen LogP contribution in [0.3, 0.4) is 0 Å². The molecule has 4 N–H and O–H groups in total. The standard InChI is InChI=1S/C14H19NO6/c1-14(2,3)21-13(20)15-9-6-8(4-5-10(9)16)11(17)7-12(18)19/h4-6,11,16-17H,7H2,1-3H3,(H,15,20)(H,18,19)/t11-/m1/s1. The Kier molecular flexibility index (Phi) is 5.15. The zero-order valence-corrected chi connectivity index (χ0v) is 12.1. The first-order chi connectivity index (χ1) is 9.58. The van der Waals surface area contributed by atoms with Crippen molar-refractivity contribution in [3.8, 4) is 5.75 Å². The summed E-state index contributed by atoms with van der Waals surface area (Å²) in [6, 6.07) is 3.93. The smallest absolute Gasteiger partial charge is 0.412 e. The summed E-state index contributed by atoms with van der Waals surface area (Å²) in [5.74, 6) is -1.37. The van der Waals surface area contributed by atoms with E-state index in [0.717, 1.165) is 0 Å². The molecule has 0 unspecified atom stereocenters. The lowest BCUT2D eigenvalue weighted by molar-refractivity contribution is -0.139. The minimum Gasteiger partial charge on any atom is -0.506 e. The molecule has 0 aliphatic rings. The number of hydrogen-bond donors (Lipinski definition) is 4. The van der Waals surface area contributed by atoms with E-state index in [1.54, 1.807) is 20.8 Å². The largest absolute Gasteiger partial charge is 0.506 e. The van der Waals surface area contributed by atoms with Gasteiger partial charge in [-0.15, -0.1) is 0 Å². The molecule has 0 aliphatic carbocycles.